The van der Waals surface area contributed by atoms with E-state index in [1.165, 1.54) is 35.6 Å². The number of non-ortho nitro benzene ring substituents is 1. The molecule has 110 valence electrons. The molecule has 0 spiro atoms. The van der Waals surface area contributed by atoms with E-state index in [0.29, 0.717) is 16.4 Å². The molecule has 0 atom stereocenters. The summed E-state index contributed by atoms with van der Waals surface area (Å²) in [7, 11) is 0. The molecule has 0 saturated carbocycles. The molecule has 1 aromatic carbocycles. The summed E-state index contributed by atoms with van der Waals surface area (Å²) in [5.41, 5.74) is 1.42. The number of carbonyl (C=O) groups excluding carboxylic acids is 1. The number of anilines is 1. The van der Waals surface area contributed by atoms with Crippen molar-refractivity contribution < 1.29 is 14.5 Å². The van der Waals surface area contributed by atoms with Gasteiger partial charge in [-0.05, 0) is 17.7 Å². The van der Waals surface area contributed by atoms with E-state index in [2.05, 4.69) is 22.9 Å². The summed E-state index contributed by atoms with van der Waals surface area (Å²) in [6, 6.07) is 5.79. The molecule has 1 heterocycles. The molecule has 0 radical (unpaired) electrons. The molecule has 0 aliphatic rings. The van der Waals surface area contributed by atoms with E-state index < -0.39 is 11.0 Å². The van der Waals surface area contributed by atoms with E-state index >= 15 is 0 Å². The predicted molar refractivity (Wildman–Crippen MR) is 81.7 cm³/mol. The Bertz CT molecular complexity index is 642. The van der Waals surface area contributed by atoms with Crippen LogP contribution in [0, 0.1) is 10.1 Å². The molecule has 1 N–H and O–H groups in total. The van der Waals surface area contributed by atoms with Crippen molar-refractivity contribution in [3.8, 4) is 0 Å². The van der Waals surface area contributed by atoms with Crippen LogP contribution in [0.15, 0.2) is 29.6 Å². The van der Waals surface area contributed by atoms with Gasteiger partial charge in [-0.25, -0.2) is 9.78 Å². The van der Waals surface area contributed by atoms with Gasteiger partial charge >= 0.3 is 6.09 Å². The lowest BCUT2D eigenvalue weighted by atomic mass is 10.2. The summed E-state index contributed by atoms with van der Waals surface area (Å²) >= 11 is 5.36. The number of carbonyl (C=O) groups is 1. The molecule has 21 heavy (non-hydrogen) atoms. The van der Waals surface area contributed by atoms with Gasteiger partial charge in [0.15, 0.2) is 5.13 Å². The van der Waals surface area contributed by atoms with Crippen LogP contribution in [-0.4, -0.2) is 16.0 Å². The summed E-state index contributed by atoms with van der Waals surface area (Å²) in [5.74, 6) is 0.496. The van der Waals surface area contributed by atoms with Crippen LogP contribution >= 0.6 is 24.0 Å². The monoisotopic (exact) mass is 325 g/mol. The van der Waals surface area contributed by atoms with Crippen LogP contribution in [0.25, 0.3) is 0 Å². The topological polar surface area (TPSA) is 94.4 Å². The fourth-order valence-electron chi connectivity index (χ4n) is 1.42. The van der Waals surface area contributed by atoms with Crippen molar-refractivity contribution in [3.63, 3.8) is 0 Å². The molecule has 0 bridgehead atoms. The second-order valence-corrected chi connectivity index (χ2v) is 5.10. The number of thiazole rings is 1. The average molecular weight is 325 g/mol. The van der Waals surface area contributed by atoms with Gasteiger partial charge < -0.3 is 4.74 Å². The van der Waals surface area contributed by atoms with Crippen LogP contribution in [0.1, 0.15) is 11.3 Å². The zero-order valence-corrected chi connectivity index (χ0v) is 12.4. The first-order valence-corrected chi connectivity index (χ1v) is 7.32. The minimum atomic E-state index is -0.631. The fourth-order valence-corrected chi connectivity index (χ4v) is 2.40. The smallest absolute Gasteiger partial charge is 0.413 e. The highest BCUT2D eigenvalue weighted by atomic mass is 32.1. The van der Waals surface area contributed by atoms with Crippen molar-refractivity contribution in [3.05, 3.63) is 51.0 Å². The molecule has 1 amide bonds. The summed E-state index contributed by atoms with van der Waals surface area (Å²) in [6.07, 6.45) is -0.631. The molecule has 0 aliphatic heterocycles. The predicted octanol–water partition coefficient (Wildman–Crippen LogP) is 3.23. The first-order chi connectivity index (χ1) is 10.1. The third-order valence-corrected chi connectivity index (χ3v) is 3.57. The first-order valence-electron chi connectivity index (χ1n) is 5.81. The third-order valence-electron chi connectivity index (χ3n) is 2.44. The molecule has 7 nitrogen and oxygen atoms in total. The number of nitrogens with zero attached hydrogens (tertiary/aromatic N) is 2. The fraction of sp³-hybridized carbons (Fsp3) is 0.167. The Morgan fingerprint density at radius 3 is 2.71 bits per heavy atom. The van der Waals surface area contributed by atoms with Crippen molar-refractivity contribution in [2.24, 2.45) is 0 Å². The number of rotatable bonds is 5. The SMILES string of the molecule is O=C(Nc1nc(CS)cs1)OCc1ccc([N+](=O)[O-])cc1. The normalized spacial score (nSPS) is 10.1. The average Bonchev–Trinajstić information content (AvgIpc) is 2.93. The lowest BCUT2D eigenvalue weighted by Gasteiger charge is -2.04. The molecular formula is C12H11N3O4S2. The third kappa shape index (κ3) is 4.43. The van der Waals surface area contributed by atoms with Crippen molar-refractivity contribution in [2.45, 2.75) is 12.4 Å². The van der Waals surface area contributed by atoms with Crippen molar-refractivity contribution >= 4 is 40.9 Å². The number of amides is 1. The maximum Gasteiger partial charge on any atom is 0.413 e. The number of thiol groups is 1. The molecular weight excluding hydrogens is 314 g/mol. The van der Waals surface area contributed by atoms with Crippen LogP contribution in [0.3, 0.4) is 0 Å². The number of aromatic nitrogens is 1. The minimum absolute atomic E-state index is 0.00901. The zero-order valence-electron chi connectivity index (χ0n) is 10.7. The lowest BCUT2D eigenvalue weighted by Crippen LogP contribution is -2.13. The second kappa shape index (κ2) is 7.04. The lowest BCUT2D eigenvalue weighted by molar-refractivity contribution is -0.384. The van der Waals surface area contributed by atoms with Crippen molar-refractivity contribution in [2.75, 3.05) is 5.32 Å². The summed E-state index contributed by atoms with van der Waals surface area (Å²) in [5, 5.41) is 15.2. The molecule has 0 unspecified atom stereocenters. The van der Waals surface area contributed by atoms with Gasteiger partial charge in [0.1, 0.15) is 6.61 Å². The Morgan fingerprint density at radius 1 is 1.43 bits per heavy atom. The molecule has 2 rings (SSSR count). The molecule has 0 saturated heterocycles. The van der Waals surface area contributed by atoms with Crippen LogP contribution in [0.2, 0.25) is 0 Å². The summed E-state index contributed by atoms with van der Waals surface area (Å²) in [4.78, 5) is 25.7. The van der Waals surface area contributed by atoms with Gasteiger partial charge in [-0.1, -0.05) is 0 Å². The van der Waals surface area contributed by atoms with Crippen LogP contribution in [0.5, 0.6) is 0 Å². The van der Waals surface area contributed by atoms with Gasteiger partial charge in [0.2, 0.25) is 0 Å². The molecule has 1 aromatic heterocycles. The number of nitro groups is 1. The van der Waals surface area contributed by atoms with E-state index in [-0.39, 0.29) is 12.3 Å². The van der Waals surface area contributed by atoms with Gasteiger partial charge in [-0.15, -0.1) is 11.3 Å². The summed E-state index contributed by atoms with van der Waals surface area (Å²) in [6.45, 7) is 0.0224. The van der Waals surface area contributed by atoms with E-state index in [1.807, 2.05) is 0 Å². The number of hydrogen-bond acceptors (Lipinski definition) is 7. The van der Waals surface area contributed by atoms with Gasteiger partial charge in [0.05, 0.1) is 10.6 Å². The highest BCUT2D eigenvalue weighted by molar-refractivity contribution is 7.79. The number of nitro benzene ring substituents is 1. The Morgan fingerprint density at radius 2 is 2.14 bits per heavy atom. The summed E-state index contributed by atoms with van der Waals surface area (Å²) < 4.78 is 5.00. The molecule has 2 aromatic rings. The molecule has 0 fully saturated rings. The highest BCUT2D eigenvalue weighted by Gasteiger charge is 2.08. The number of benzene rings is 1. The minimum Gasteiger partial charge on any atom is -0.444 e. The first kappa shape index (κ1) is 15.3. The van der Waals surface area contributed by atoms with E-state index in [1.54, 1.807) is 5.38 Å². The second-order valence-electron chi connectivity index (χ2n) is 3.93. The number of nitrogens with one attached hydrogen (secondary N) is 1. The largest absolute Gasteiger partial charge is 0.444 e. The molecule has 0 aliphatic carbocycles. The number of hydrogen-bond donors (Lipinski definition) is 2. The Kier molecular flexibility index (Phi) is 5.12. The van der Waals surface area contributed by atoms with Crippen LogP contribution < -0.4 is 5.32 Å². The van der Waals surface area contributed by atoms with Crippen molar-refractivity contribution in [1.29, 1.82) is 0 Å². The van der Waals surface area contributed by atoms with Crippen LogP contribution in [0.4, 0.5) is 15.6 Å². The van der Waals surface area contributed by atoms with Gasteiger partial charge in [0.25, 0.3) is 5.69 Å². The maximum atomic E-state index is 11.6. The van der Waals surface area contributed by atoms with Crippen LogP contribution in [-0.2, 0) is 17.1 Å². The standard InChI is InChI=1S/C12H11N3O4S2/c16-12(14-11-13-9(6-20)7-21-11)19-5-8-1-3-10(4-2-8)15(17)18/h1-4,7,20H,5-6H2,(H,13,14,16). The maximum absolute atomic E-state index is 11.6. The van der Waals surface area contributed by atoms with Gasteiger partial charge in [-0.2, -0.15) is 12.6 Å². The van der Waals surface area contributed by atoms with Gasteiger partial charge in [-0.3, -0.25) is 15.4 Å². The van der Waals surface area contributed by atoms with E-state index in [9.17, 15) is 14.9 Å². The Balaban J connectivity index is 1.84. The Labute approximate surface area is 129 Å². The van der Waals surface area contributed by atoms with Gasteiger partial charge in [0, 0.05) is 23.3 Å². The highest BCUT2D eigenvalue weighted by Crippen LogP contribution is 2.17. The van der Waals surface area contributed by atoms with Crippen molar-refractivity contribution in [1.82, 2.24) is 4.98 Å². The zero-order chi connectivity index (χ0) is 15.2. The Hall–Kier alpha value is -2.13. The van der Waals surface area contributed by atoms with E-state index in [0.717, 1.165) is 5.69 Å². The van der Waals surface area contributed by atoms with E-state index in [4.69, 9.17) is 4.74 Å². The quantitative estimate of drug-likeness (QED) is 0.500. The number of ether oxygens (including phenoxy) is 1. The molecule has 9 heteroatoms.